The van der Waals surface area contributed by atoms with Crippen LogP contribution >= 0.6 is 0 Å². The third kappa shape index (κ3) is 1.28. The van der Waals surface area contributed by atoms with E-state index in [1.807, 2.05) is 0 Å². The molecule has 0 N–H and O–H groups in total. The molecule has 3 heteroatoms. The molecule has 3 nitrogen and oxygen atoms in total. The van der Waals surface area contributed by atoms with E-state index in [0.717, 1.165) is 19.3 Å². The molecule has 5 atom stereocenters. The Hall–Kier alpha value is -0.860. The molecule has 0 aromatic rings. The molecule has 94 valence electrons. The van der Waals surface area contributed by atoms with E-state index in [1.54, 1.807) is 0 Å². The van der Waals surface area contributed by atoms with Crippen LogP contribution in [-0.2, 0) is 14.3 Å². The number of rotatable bonds is 1. The average Bonchev–Trinajstić information content (AvgIpc) is 2.59. The monoisotopic (exact) mass is 236 g/mol. The van der Waals surface area contributed by atoms with Crippen molar-refractivity contribution in [2.75, 3.05) is 7.11 Å². The lowest BCUT2D eigenvalue weighted by molar-refractivity contribution is -0.150. The highest BCUT2D eigenvalue weighted by Crippen LogP contribution is 2.66. The van der Waals surface area contributed by atoms with Gasteiger partial charge in [0.1, 0.15) is 5.78 Å². The normalized spacial score (nSPS) is 48.0. The van der Waals surface area contributed by atoms with Crippen LogP contribution in [0.5, 0.6) is 0 Å². The van der Waals surface area contributed by atoms with Crippen LogP contribution in [0.1, 0.15) is 39.0 Å². The minimum atomic E-state index is -0.0804. The molecule has 17 heavy (non-hydrogen) atoms. The zero-order chi connectivity index (χ0) is 12.2. The van der Waals surface area contributed by atoms with Crippen LogP contribution in [0.3, 0.4) is 0 Å². The second kappa shape index (κ2) is 3.56. The lowest BCUT2D eigenvalue weighted by atomic mass is 9.74. The molecule has 3 rings (SSSR count). The van der Waals surface area contributed by atoms with Crippen LogP contribution in [0.4, 0.5) is 0 Å². The van der Waals surface area contributed by atoms with Gasteiger partial charge in [0.15, 0.2) is 0 Å². The summed E-state index contributed by atoms with van der Waals surface area (Å²) in [6, 6.07) is 0. The van der Waals surface area contributed by atoms with Gasteiger partial charge in [-0.2, -0.15) is 0 Å². The Morgan fingerprint density at radius 2 is 2.18 bits per heavy atom. The first-order chi connectivity index (χ1) is 8.09. The largest absolute Gasteiger partial charge is 0.469 e. The lowest BCUT2D eigenvalue weighted by Crippen LogP contribution is -2.34. The van der Waals surface area contributed by atoms with Gasteiger partial charge in [-0.3, -0.25) is 9.59 Å². The van der Waals surface area contributed by atoms with Crippen LogP contribution in [0.15, 0.2) is 0 Å². The van der Waals surface area contributed by atoms with Crippen molar-refractivity contribution in [1.82, 2.24) is 0 Å². The average molecular weight is 236 g/mol. The topological polar surface area (TPSA) is 43.4 Å². The molecular weight excluding hydrogens is 216 g/mol. The Balaban J connectivity index is 2.02. The Morgan fingerprint density at radius 1 is 1.41 bits per heavy atom. The van der Waals surface area contributed by atoms with Gasteiger partial charge in [-0.1, -0.05) is 19.8 Å². The number of ketones is 1. The Kier molecular flexibility index (Phi) is 2.36. The van der Waals surface area contributed by atoms with Crippen LogP contribution < -0.4 is 0 Å². The zero-order valence-corrected chi connectivity index (χ0v) is 10.6. The number of Topliss-reactive ketones (excluding diaryl/α,β-unsaturated/α-hetero) is 1. The third-order valence-electron chi connectivity index (χ3n) is 5.62. The Morgan fingerprint density at radius 3 is 2.88 bits per heavy atom. The van der Waals surface area contributed by atoms with Gasteiger partial charge in [-0.15, -0.1) is 0 Å². The number of carbonyl (C=O) groups is 2. The van der Waals surface area contributed by atoms with Crippen molar-refractivity contribution in [3.63, 3.8) is 0 Å². The standard InChI is InChI=1S/C14H20O3/c1-14-6-4-3-5-8-11(13(16)17-2)9(14)7-10(15)12(8)14/h8-9,11-12H,3-7H2,1-2H3/t8-,9-,11+,12-,14+/m0/s1. The van der Waals surface area contributed by atoms with E-state index in [0.29, 0.717) is 12.2 Å². The van der Waals surface area contributed by atoms with E-state index in [-0.39, 0.29) is 35.1 Å². The predicted molar refractivity (Wildman–Crippen MR) is 62.2 cm³/mol. The number of esters is 1. The first kappa shape index (κ1) is 11.2. The fourth-order valence-corrected chi connectivity index (χ4v) is 4.99. The molecule has 0 spiro atoms. The molecule has 0 aromatic carbocycles. The fourth-order valence-electron chi connectivity index (χ4n) is 4.99. The van der Waals surface area contributed by atoms with E-state index in [4.69, 9.17) is 4.74 Å². The lowest BCUT2D eigenvalue weighted by Gasteiger charge is -2.30. The van der Waals surface area contributed by atoms with Crippen molar-refractivity contribution < 1.29 is 14.3 Å². The molecular formula is C14H20O3. The number of methoxy groups -OCH3 is 1. The maximum absolute atomic E-state index is 12.1. The van der Waals surface area contributed by atoms with E-state index in [2.05, 4.69) is 6.92 Å². The highest BCUT2D eigenvalue weighted by Gasteiger charge is 2.67. The molecule has 0 aliphatic heterocycles. The fraction of sp³-hybridized carbons (Fsp3) is 0.857. The summed E-state index contributed by atoms with van der Waals surface area (Å²) in [4.78, 5) is 24.1. The van der Waals surface area contributed by atoms with Gasteiger partial charge < -0.3 is 4.74 Å². The summed E-state index contributed by atoms with van der Waals surface area (Å²) in [5.74, 6) is 0.971. The summed E-state index contributed by atoms with van der Waals surface area (Å²) >= 11 is 0. The summed E-state index contributed by atoms with van der Waals surface area (Å²) in [6.45, 7) is 2.23. The van der Waals surface area contributed by atoms with Crippen LogP contribution in [0.2, 0.25) is 0 Å². The minimum Gasteiger partial charge on any atom is -0.469 e. The van der Waals surface area contributed by atoms with Crippen molar-refractivity contribution in [3.8, 4) is 0 Å². The van der Waals surface area contributed by atoms with Crippen LogP contribution in [0.25, 0.3) is 0 Å². The molecule has 0 amide bonds. The van der Waals surface area contributed by atoms with Gasteiger partial charge in [0.05, 0.1) is 13.0 Å². The molecule has 3 aliphatic carbocycles. The molecule has 3 fully saturated rings. The van der Waals surface area contributed by atoms with Crippen molar-refractivity contribution in [2.45, 2.75) is 39.0 Å². The highest BCUT2D eigenvalue weighted by molar-refractivity contribution is 5.89. The Bertz CT molecular complexity index is 376. The molecule has 0 heterocycles. The van der Waals surface area contributed by atoms with Crippen LogP contribution in [-0.4, -0.2) is 18.9 Å². The van der Waals surface area contributed by atoms with E-state index < -0.39 is 0 Å². The molecule has 0 radical (unpaired) electrons. The van der Waals surface area contributed by atoms with Crippen molar-refractivity contribution in [1.29, 1.82) is 0 Å². The summed E-state index contributed by atoms with van der Waals surface area (Å²) in [7, 11) is 1.47. The number of hydrogen-bond acceptors (Lipinski definition) is 3. The summed E-state index contributed by atoms with van der Waals surface area (Å²) in [5, 5.41) is 0. The summed E-state index contributed by atoms with van der Waals surface area (Å²) in [5.41, 5.74) is 0.0805. The van der Waals surface area contributed by atoms with Gasteiger partial charge in [-0.25, -0.2) is 0 Å². The summed E-state index contributed by atoms with van der Waals surface area (Å²) < 4.78 is 4.97. The van der Waals surface area contributed by atoms with Crippen molar-refractivity contribution in [2.24, 2.45) is 29.1 Å². The molecule has 0 saturated heterocycles. The second-order valence-electron chi connectivity index (χ2n) is 6.22. The summed E-state index contributed by atoms with van der Waals surface area (Å²) in [6.07, 6.45) is 5.11. The van der Waals surface area contributed by atoms with Gasteiger partial charge >= 0.3 is 5.97 Å². The minimum absolute atomic E-state index is 0.00648. The van der Waals surface area contributed by atoms with Gasteiger partial charge in [0.25, 0.3) is 0 Å². The number of ether oxygens (including phenoxy) is 1. The number of carbonyl (C=O) groups excluding carboxylic acids is 2. The van der Waals surface area contributed by atoms with Crippen molar-refractivity contribution >= 4 is 11.8 Å². The molecule has 0 aromatic heterocycles. The zero-order valence-electron chi connectivity index (χ0n) is 10.6. The quantitative estimate of drug-likeness (QED) is 0.655. The maximum Gasteiger partial charge on any atom is 0.309 e. The first-order valence-corrected chi connectivity index (χ1v) is 6.70. The van der Waals surface area contributed by atoms with Gasteiger partial charge in [0.2, 0.25) is 0 Å². The SMILES string of the molecule is COC(=O)[C@@H]1[C@@H]2CCCC[C@@]3(C)[C@@H]2C(=O)C[C@@H]13. The van der Waals surface area contributed by atoms with E-state index in [1.165, 1.54) is 13.5 Å². The van der Waals surface area contributed by atoms with E-state index >= 15 is 0 Å². The molecule has 4 bridgehead atoms. The van der Waals surface area contributed by atoms with Gasteiger partial charge in [-0.05, 0) is 30.1 Å². The van der Waals surface area contributed by atoms with Crippen LogP contribution in [0, 0.1) is 29.1 Å². The van der Waals surface area contributed by atoms with Gasteiger partial charge in [0, 0.05) is 12.3 Å². The van der Waals surface area contributed by atoms with Crippen molar-refractivity contribution in [3.05, 3.63) is 0 Å². The predicted octanol–water partition coefficient (Wildman–Crippen LogP) is 2.19. The van der Waals surface area contributed by atoms with E-state index in [9.17, 15) is 9.59 Å². The highest BCUT2D eigenvalue weighted by atomic mass is 16.5. The maximum atomic E-state index is 12.1. The third-order valence-corrected chi connectivity index (χ3v) is 5.62. The Labute approximate surface area is 102 Å². The number of hydrogen-bond donors (Lipinski definition) is 0. The smallest absolute Gasteiger partial charge is 0.309 e. The first-order valence-electron chi connectivity index (χ1n) is 6.70. The molecule has 3 aliphatic rings. The molecule has 0 unspecified atom stereocenters. The second-order valence-corrected chi connectivity index (χ2v) is 6.22. The molecule has 3 saturated carbocycles.